The van der Waals surface area contributed by atoms with E-state index in [1.807, 2.05) is 30.3 Å². The molecular formula is C21H25ClN2O2. The standard InChI is InChI=1S/C21H24N2O2.ClH/c1-2-15-3-6-17(7-4-15)20(24)9-10-21(25)23-12-16-5-8-18-13-22-14-19(18)11-16;/h3-8,11,22H,2,9-10,12-14H2,1H3,(H,23,25);1H. The molecule has 0 spiro atoms. The van der Waals surface area contributed by atoms with Crippen molar-refractivity contribution in [1.29, 1.82) is 0 Å². The SMILES string of the molecule is CCc1ccc(C(=O)CCC(=O)NCc2ccc3c(c2)CNC3)cc1.Cl. The van der Waals surface area contributed by atoms with Crippen LogP contribution in [0.2, 0.25) is 0 Å². The number of hydrogen-bond acceptors (Lipinski definition) is 3. The lowest BCUT2D eigenvalue weighted by molar-refractivity contribution is -0.121. The fourth-order valence-electron chi connectivity index (χ4n) is 3.04. The van der Waals surface area contributed by atoms with Crippen molar-refractivity contribution in [3.63, 3.8) is 0 Å². The number of hydrogen-bond donors (Lipinski definition) is 2. The molecule has 0 aromatic heterocycles. The summed E-state index contributed by atoms with van der Waals surface area (Å²) in [5.41, 5.74) is 5.61. The number of nitrogens with one attached hydrogen (secondary N) is 2. The van der Waals surface area contributed by atoms with E-state index in [4.69, 9.17) is 0 Å². The summed E-state index contributed by atoms with van der Waals surface area (Å²) in [4.78, 5) is 24.2. The molecule has 0 bridgehead atoms. The van der Waals surface area contributed by atoms with Crippen molar-refractivity contribution in [3.05, 3.63) is 70.3 Å². The summed E-state index contributed by atoms with van der Waals surface area (Å²) < 4.78 is 0. The monoisotopic (exact) mass is 372 g/mol. The first-order chi connectivity index (χ1) is 12.2. The highest BCUT2D eigenvalue weighted by Gasteiger charge is 2.12. The molecule has 5 heteroatoms. The van der Waals surface area contributed by atoms with Crippen LogP contribution >= 0.6 is 12.4 Å². The van der Waals surface area contributed by atoms with Crippen molar-refractivity contribution in [2.24, 2.45) is 0 Å². The van der Waals surface area contributed by atoms with Gasteiger partial charge in [-0.15, -0.1) is 12.4 Å². The number of ketones is 1. The zero-order chi connectivity index (χ0) is 17.6. The van der Waals surface area contributed by atoms with Gasteiger partial charge in [0.1, 0.15) is 0 Å². The van der Waals surface area contributed by atoms with Gasteiger partial charge in [-0.1, -0.05) is 49.4 Å². The molecule has 1 amide bonds. The van der Waals surface area contributed by atoms with E-state index in [-0.39, 0.29) is 36.9 Å². The molecule has 2 N–H and O–H groups in total. The van der Waals surface area contributed by atoms with Gasteiger partial charge in [0.05, 0.1) is 0 Å². The lowest BCUT2D eigenvalue weighted by Gasteiger charge is -2.07. The second-order valence-corrected chi connectivity index (χ2v) is 6.46. The van der Waals surface area contributed by atoms with Crippen LogP contribution in [-0.4, -0.2) is 11.7 Å². The van der Waals surface area contributed by atoms with E-state index in [1.54, 1.807) is 0 Å². The van der Waals surface area contributed by atoms with E-state index in [1.165, 1.54) is 16.7 Å². The predicted octanol–water partition coefficient (Wildman–Crippen LogP) is 3.55. The summed E-state index contributed by atoms with van der Waals surface area (Å²) in [5.74, 6) is -0.0708. The third-order valence-electron chi connectivity index (χ3n) is 4.65. The van der Waals surface area contributed by atoms with Gasteiger partial charge in [0, 0.05) is 38.0 Å². The normalized spacial score (nSPS) is 12.2. The molecule has 26 heavy (non-hydrogen) atoms. The van der Waals surface area contributed by atoms with Gasteiger partial charge in [-0.2, -0.15) is 0 Å². The summed E-state index contributed by atoms with van der Waals surface area (Å²) in [6.07, 6.45) is 1.42. The molecule has 0 unspecified atom stereocenters. The second-order valence-electron chi connectivity index (χ2n) is 6.46. The molecule has 0 atom stereocenters. The van der Waals surface area contributed by atoms with Crippen LogP contribution in [0.3, 0.4) is 0 Å². The molecule has 1 heterocycles. The summed E-state index contributed by atoms with van der Waals surface area (Å²) in [6.45, 7) is 4.40. The average molecular weight is 373 g/mol. The number of fused-ring (bicyclic) bond motifs is 1. The quantitative estimate of drug-likeness (QED) is 0.731. The Kier molecular flexibility index (Phi) is 7.37. The Morgan fingerprint density at radius 3 is 2.38 bits per heavy atom. The first-order valence-corrected chi connectivity index (χ1v) is 8.86. The van der Waals surface area contributed by atoms with E-state index in [2.05, 4.69) is 29.7 Å². The molecule has 138 valence electrons. The average Bonchev–Trinajstić information content (AvgIpc) is 3.12. The van der Waals surface area contributed by atoms with Crippen LogP contribution in [0.25, 0.3) is 0 Å². The Morgan fingerprint density at radius 1 is 0.962 bits per heavy atom. The van der Waals surface area contributed by atoms with E-state index >= 15 is 0 Å². The maximum atomic E-state index is 12.2. The number of rotatable bonds is 7. The molecule has 3 rings (SSSR count). The number of carbonyl (C=O) groups excluding carboxylic acids is 2. The van der Waals surface area contributed by atoms with E-state index < -0.39 is 0 Å². The van der Waals surface area contributed by atoms with Gasteiger partial charge < -0.3 is 10.6 Å². The predicted molar refractivity (Wildman–Crippen MR) is 105 cm³/mol. The molecule has 0 aliphatic carbocycles. The molecule has 2 aromatic carbocycles. The minimum absolute atomic E-state index is 0. The van der Waals surface area contributed by atoms with Gasteiger partial charge in [0.25, 0.3) is 0 Å². The van der Waals surface area contributed by atoms with Gasteiger partial charge >= 0.3 is 0 Å². The van der Waals surface area contributed by atoms with Crippen molar-refractivity contribution in [2.45, 2.75) is 45.8 Å². The Balaban J connectivity index is 0.00000243. The van der Waals surface area contributed by atoms with Crippen molar-refractivity contribution >= 4 is 24.1 Å². The first-order valence-electron chi connectivity index (χ1n) is 8.86. The van der Waals surface area contributed by atoms with Crippen LogP contribution in [-0.2, 0) is 30.8 Å². The van der Waals surface area contributed by atoms with Crippen LogP contribution in [0, 0.1) is 0 Å². The van der Waals surface area contributed by atoms with E-state index in [9.17, 15) is 9.59 Å². The van der Waals surface area contributed by atoms with Gasteiger partial charge in [-0.25, -0.2) is 0 Å². The highest BCUT2D eigenvalue weighted by Crippen LogP contribution is 2.17. The molecule has 4 nitrogen and oxygen atoms in total. The van der Waals surface area contributed by atoms with Gasteiger partial charge in [-0.05, 0) is 28.7 Å². The maximum Gasteiger partial charge on any atom is 0.220 e. The van der Waals surface area contributed by atoms with Crippen molar-refractivity contribution in [1.82, 2.24) is 10.6 Å². The number of aryl methyl sites for hydroxylation is 1. The molecule has 0 fully saturated rings. The summed E-state index contributed by atoms with van der Waals surface area (Å²) in [6, 6.07) is 13.9. The van der Waals surface area contributed by atoms with E-state index in [0.717, 1.165) is 25.1 Å². The largest absolute Gasteiger partial charge is 0.352 e. The third-order valence-corrected chi connectivity index (χ3v) is 4.65. The van der Waals surface area contributed by atoms with Crippen LogP contribution in [0.1, 0.15) is 52.4 Å². The molecule has 1 aliphatic rings. The van der Waals surface area contributed by atoms with Crippen LogP contribution < -0.4 is 10.6 Å². The minimum Gasteiger partial charge on any atom is -0.352 e. The summed E-state index contributed by atoms with van der Waals surface area (Å²) in [7, 11) is 0. The van der Waals surface area contributed by atoms with Gasteiger partial charge in [0.2, 0.25) is 5.91 Å². The van der Waals surface area contributed by atoms with Crippen LogP contribution in [0.15, 0.2) is 42.5 Å². The molecule has 1 aliphatic heterocycles. The van der Waals surface area contributed by atoms with Gasteiger partial charge in [-0.3, -0.25) is 9.59 Å². The topological polar surface area (TPSA) is 58.2 Å². The van der Waals surface area contributed by atoms with Crippen molar-refractivity contribution < 1.29 is 9.59 Å². The fraction of sp³-hybridized carbons (Fsp3) is 0.333. The van der Waals surface area contributed by atoms with Crippen molar-refractivity contribution in [2.75, 3.05) is 0 Å². The molecule has 0 saturated heterocycles. The molecule has 0 radical (unpaired) electrons. The zero-order valence-corrected chi connectivity index (χ0v) is 15.8. The number of halogens is 1. The van der Waals surface area contributed by atoms with E-state index in [0.29, 0.717) is 12.1 Å². The third kappa shape index (κ3) is 5.16. The van der Waals surface area contributed by atoms with Crippen LogP contribution in [0.4, 0.5) is 0 Å². The Morgan fingerprint density at radius 2 is 1.65 bits per heavy atom. The zero-order valence-electron chi connectivity index (χ0n) is 15.0. The highest BCUT2D eigenvalue weighted by molar-refractivity contribution is 5.97. The highest BCUT2D eigenvalue weighted by atomic mass is 35.5. The number of carbonyl (C=O) groups is 2. The van der Waals surface area contributed by atoms with Crippen molar-refractivity contribution in [3.8, 4) is 0 Å². The first kappa shape index (κ1) is 20.1. The smallest absolute Gasteiger partial charge is 0.220 e. The molecular weight excluding hydrogens is 348 g/mol. The lowest BCUT2D eigenvalue weighted by atomic mass is 10.0. The van der Waals surface area contributed by atoms with Gasteiger partial charge in [0.15, 0.2) is 5.78 Å². The molecule has 2 aromatic rings. The summed E-state index contributed by atoms with van der Waals surface area (Å²) in [5, 5.41) is 6.21. The van der Waals surface area contributed by atoms with Crippen LogP contribution in [0.5, 0.6) is 0 Å². The number of Topliss-reactive ketones (excluding diaryl/α,β-unsaturated/α-hetero) is 1. The Hall–Kier alpha value is -2.17. The molecule has 0 saturated carbocycles. The number of amides is 1. The second kappa shape index (κ2) is 9.51. The maximum absolute atomic E-state index is 12.2. The Bertz CT molecular complexity index is 772. The number of benzene rings is 2. The fourth-order valence-corrected chi connectivity index (χ4v) is 3.04. The lowest BCUT2D eigenvalue weighted by Crippen LogP contribution is -2.23. The summed E-state index contributed by atoms with van der Waals surface area (Å²) >= 11 is 0. The Labute approximate surface area is 160 Å². The minimum atomic E-state index is -0.0860.